The first-order valence-corrected chi connectivity index (χ1v) is 10.3. The van der Waals surface area contributed by atoms with Crippen LogP contribution in [0.1, 0.15) is 19.3 Å². The zero-order valence-corrected chi connectivity index (χ0v) is 17.1. The predicted octanol–water partition coefficient (Wildman–Crippen LogP) is 2.34. The van der Waals surface area contributed by atoms with Gasteiger partial charge >= 0.3 is 12.0 Å². The van der Waals surface area contributed by atoms with Gasteiger partial charge in [-0.05, 0) is 25.3 Å². The summed E-state index contributed by atoms with van der Waals surface area (Å²) in [5.41, 5.74) is 1.05. The standard InChI is InChI=1S/C18H22N8O2S/c1-25(14-12-4-6-19-13(12)20-10-21-14)11-3-5-18(7-11)8-26(9-18)17(27)23-16-22-15(28-2)24-29-16/h4,6,10-11H,3,5,7-9H2,1-2H3,(H,19,20,21)(H,22,23,24,27)/t11-/m1/s1. The van der Waals surface area contributed by atoms with Gasteiger partial charge in [-0.15, -0.1) is 4.37 Å². The van der Waals surface area contributed by atoms with E-state index < -0.39 is 0 Å². The van der Waals surface area contributed by atoms with E-state index in [4.69, 9.17) is 4.74 Å². The molecule has 0 aromatic carbocycles. The average molecular weight is 414 g/mol. The van der Waals surface area contributed by atoms with Crippen molar-refractivity contribution in [1.82, 2.24) is 29.2 Å². The average Bonchev–Trinajstić information content (AvgIpc) is 3.44. The fraction of sp³-hybridized carbons (Fsp3) is 0.500. The van der Waals surface area contributed by atoms with Crippen LogP contribution >= 0.6 is 11.5 Å². The monoisotopic (exact) mass is 414 g/mol. The summed E-state index contributed by atoms with van der Waals surface area (Å²) in [5, 5.41) is 4.30. The Balaban J connectivity index is 1.20. The maximum absolute atomic E-state index is 12.5. The summed E-state index contributed by atoms with van der Waals surface area (Å²) in [6.45, 7) is 1.53. The number of fused-ring (bicyclic) bond motifs is 1. The van der Waals surface area contributed by atoms with Crippen LogP contribution in [0.5, 0.6) is 6.01 Å². The molecule has 1 saturated heterocycles. The van der Waals surface area contributed by atoms with Gasteiger partial charge in [-0.2, -0.15) is 4.98 Å². The number of carbonyl (C=O) groups excluding carboxylic acids is 1. The first-order valence-electron chi connectivity index (χ1n) is 9.51. The number of methoxy groups -OCH3 is 1. The Kier molecular flexibility index (Phi) is 4.26. The molecule has 2 N–H and O–H groups in total. The van der Waals surface area contributed by atoms with E-state index >= 15 is 0 Å². The first-order chi connectivity index (χ1) is 14.1. The number of hydrogen-bond acceptors (Lipinski definition) is 8. The maximum atomic E-state index is 12.5. The van der Waals surface area contributed by atoms with Crippen LogP contribution in [0.15, 0.2) is 18.6 Å². The molecule has 0 bridgehead atoms. The van der Waals surface area contributed by atoms with Crippen molar-refractivity contribution in [3.05, 3.63) is 18.6 Å². The molecule has 3 aromatic heterocycles. The van der Waals surface area contributed by atoms with Gasteiger partial charge in [-0.25, -0.2) is 14.8 Å². The van der Waals surface area contributed by atoms with Crippen molar-refractivity contribution in [1.29, 1.82) is 0 Å². The van der Waals surface area contributed by atoms with Crippen LogP contribution in [0.4, 0.5) is 15.7 Å². The third kappa shape index (κ3) is 3.15. The van der Waals surface area contributed by atoms with Crippen LogP contribution in [-0.4, -0.2) is 68.5 Å². The lowest BCUT2D eigenvalue weighted by molar-refractivity contribution is 0.0417. The summed E-state index contributed by atoms with van der Waals surface area (Å²) in [6, 6.07) is 2.56. The maximum Gasteiger partial charge on any atom is 0.329 e. The van der Waals surface area contributed by atoms with E-state index in [0.29, 0.717) is 11.2 Å². The molecule has 2 aliphatic rings. The van der Waals surface area contributed by atoms with Crippen molar-refractivity contribution in [3.8, 4) is 6.01 Å². The number of nitrogens with one attached hydrogen (secondary N) is 2. The smallest absolute Gasteiger partial charge is 0.329 e. The second-order valence-electron chi connectivity index (χ2n) is 7.82. The molecule has 29 heavy (non-hydrogen) atoms. The van der Waals surface area contributed by atoms with Gasteiger partial charge in [0.1, 0.15) is 17.8 Å². The summed E-state index contributed by atoms with van der Waals surface area (Å²) >= 11 is 1.12. The highest BCUT2D eigenvalue weighted by Gasteiger charge is 2.50. The van der Waals surface area contributed by atoms with E-state index in [2.05, 4.69) is 41.6 Å². The molecule has 5 rings (SSSR count). The molecule has 2 amide bonds. The zero-order valence-electron chi connectivity index (χ0n) is 16.3. The molecule has 4 heterocycles. The summed E-state index contributed by atoms with van der Waals surface area (Å²) in [4.78, 5) is 32.6. The van der Waals surface area contributed by atoms with Crippen molar-refractivity contribution in [2.24, 2.45) is 5.41 Å². The van der Waals surface area contributed by atoms with Gasteiger partial charge in [-0.3, -0.25) is 5.32 Å². The fourth-order valence-electron chi connectivity index (χ4n) is 4.53. The van der Waals surface area contributed by atoms with Crippen LogP contribution in [0, 0.1) is 5.41 Å². The summed E-state index contributed by atoms with van der Waals surface area (Å²) in [7, 11) is 3.60. The number of aromatic amines is 1. The number of urea groups is 1. The van der Waals surface area contributed by atoms with Crippen LogP contribution < -0.4 is 15.0 Å². The molecule has 1 saturated carbocycles. The van der Waals surface area contributed by atoms with E-state index in [1.54, 1.807) is 6.33 Å². The topological polar surface area (TPSA) is 112 Å². The lowest BCUT2D eigenvalue weighted by Crippen LogP contribution is -2.58. The quantitative estimate of drug-likeness (QED) is 0.674. The molecule has 1 aliphatic carbocycles. The van der Waals surface area contributed by atoms with Crippen molar-refractivity contribution in [3.63, 3.8) is 0 Å². The van der Waals surface area contributed by atoms with Gasteiger partial charge in [0, 0.05) is 49.3 Å². The van der Waals surface area contributed by atoms with Gasteiger partial charge in [0.05, 0.1) is 12.5 Å². The number of aromatic nitrogens is 5. The van der Waals surface area contributed by atoms with Gasteiger partial charge in [0.2, 0.25) is 5.13 Å². The molecule has 0 radical (unpaired) electrons. The number of H-pyrrole nitrogens is 1. The Morgan fingerprint density at radius 3 is 3.10 bits per heavy atom. The molecule has 0 unspecified atom stereocenters. The van der Waals surface area contributed by atoms with Gasteiger partial charge < -0.3 is 19.5 Å². The molecule has 3 aromatic rings. The van der Waals surface area contributed by atoms with E-state index in [9.17, 15) is 4.79 Å². The number of likely N-dealkylation sites (tertiary alicyclic amines) is 1. The minimum atomic E-state index is -0.129. The lowest BCUT2D eigenvalue weighted by atomic mass is 9.78. The van der Waals surface area contributed by atoms with Crippen LogP contribution in [-0.2, 0) is 0 Å². The number of amides is 2. The van der Waals surface area contributed by atoms with Crippen molar-refractivity contribution in [2.75, 3.05) is 37.5 Å². The molecule has 1 aliphatic heterocycles. The number of nitrogens with zero attached hydrogens (tertiary/aromatic N) is 6. The molecule has 10 nitrogen and oxygen atoms in total. The Morgan fingerprint density at radius 2 is 2.31 bits per heavy atom. The molecule has 152 valence electrons. The van der Waals surface area contributed by atoms with Gasteiger partial charge in [0.25, 0.3) is 0 Å². The summed E-state index contributed by atoms with van der Waals surface area (Å²) < 4.78 is 8.95. The molecular weight excluding hydrogens is 392 g/mol. The highest BCUT2D eigenvalue weighted by molar-refractivity contribution is 7.10. The minimum absolute atomic E-state index is 0.129. The number of rotatable bonds is 4. The number of hydrogen-bond donors (Lipinski definition) is 2. The normalized spacial score (nSPS) is 20.1. The van der Waals surface area contributed by atoms with Crippen LogP contribution in [0.2, 0.25) is 0 Å². The Bertz CT molecular complexity index is 1040. The SMILES string of the molecule is COc1nsc(NC(=O)N2CC3(CC[C@@H](N(C)c4ncnc5[nH]ccc45)C3)C2)n1. The highest BCUT2D eigenvalue weighted by atomic mass is 32.1. The van der Waals surface area contributed by atoms with E-state index in [1.165, 1.54) is 7.11 Å². The second-order valence-corrected chi connectivity index (χ2v) is 8.57. The van der Waals surface area contributed by atoms with E-state index in [-0.39, 0.29) is 17.5 Å². The van der Waals surface area contributed by atoms with Gasteiger partial charge in [-0.1, -0.05) is 0 Å². The minimum Gasteiger partial charge on any atom is -0.466 e. The zero-order chi connectivity index (χ0) is 20.0. The van der Waals surface area contributed by atoms with Gasteiger partial charge in [0.15, 0.2) is 0 Å². The third-order valence-electron chi connectivity index (χ3n) is 6.03. The van der Waals surface area contributed by atoms with Crippen molar-refractivity contribution in [2.45, 2.75) is 25.3 Å². The molecule has 2 fully saturated rings. The Hall–Kier alpha value is -2.95. The van der Waals surface area contributed by atoms with E-state index in [0.717, 1.165) is 60.7 Å². The van der Waals surface area contributed by atoms with E-state index in [1.807, 2.05) is 17.2 Å². The second kappa shape index (κ2) is 6.83. The highest BCUT2D eigenvalue weighted by Crippen LogP contribution is 2.47. The van der Waals surface area contributed by atoms with Crippen LogP contribution in [0.25, 0.3) is 11.0 Å². The molecule has 1 spiro atoms. The molecule has 1 atom stereocenters. The number of carbonyl (C=O) groups is 1. The molecule has 11 heteroatoms. The van der Waals surface area contributed by atoms with Crippen molar-refractivity contribution < 1.29 is 9.53 Å². The summed E-state index contributed by atoms with van der Waals surface area (Å²) in [5.74, 6) is 0.956. The predicted molar refractivity (Wildman–Crippen MR) is 109 cm³/mol. The Morgan fingerprint density at radius 1 is 1.45 bits per heavy atom. The third-order valence-corrected chi connectivity index (χ3v) is 6.65. The molecular formula is C18H22N8O2S. The summed E-state index contributed by atoms with van der Waals surface area (Å²) in [6.07, 6.45) is 6.75. The Labute approximate surface area is 171 Å². The van der Waals surface area contributed by atoms with Crippen molar-refractivity contribution >= 4 is 39.5 Å². The number of ether oxygens (including phenoxy) is 1. The van der Waals surface area contributed by atoms with Crippen LogP contribution in [0.3, 0.4) is 0 Å². The largest absolute Gasteiger partial charge is 0.466 e. The first kappa shape index (κ1) is 18.1. The lowest BCUT2D eigenvalue weighted by Gasteiger charge is -2.48. The number of anilines is 2. The fourth-order valence-corrected chi connectivity index (χ4v) is 5.06.